The first-order valence-electron chi connectivity index (χ1n) is 8.94. The van der Waals surface area contributed by atoms with E-state index in [1.54, 1.807) is 12.1 Å². The van der Waals surface area contributed by atoms with Crippen LogP contribution in [-0.2, 0) is 16.6 Å². The summed E-state index contributed by atoms with van der Waals surface area (Å²) in [6.07, 6.45) is 1.44. The normalized spacial score (nSPS) is 11.5. The van der Waals surface area contributed by atoms with Gasteiger partial charge in [0.05, 0.1) is 4.90 Å². The van der Waals surface area contributed by atoms with Crippen molar-refractivity contribution < 1.29 is 8.42 Å². The third kappa shape index (κ3) is 5.74. The lowest BCUT2D eigenvalue weighted by molar-refractivity contribution is 0.403. The molecule has 9 heteroatoms. The van der Waals surface area contributed by atoms with Gasteiger partial charge in [-0.05, 0) is 56.4 Å². The highest BCUT2D eigenvalue weighted by atomic mass is 32.2. The molecule has 3 rings (SSSR count). The molecule has 0 aliphatic rings. The molecule has 0 atom stereocenters. The van der Waals surface area contributed by atoms with Crippen molar-refractivity contribution in [3.63, 3.8) is 0 Å². The number of sulfonamides is 1. The molecule has 0 fully saturated rings. The minimum Gasteiger partial charge on any atom is -0.340 e. The largest absolute Gasteiger partial charge is 0.340 e. The van der Waals surface area contributed by atoms with Crippen LogP contribution in [0.5, 0.6) is 0 Å². The monoisotopic (exact) mass is 412 g/mol. The number of nitrogens with one attached hydrogen (secondary N) is 2. The molecule has 2 aromatic carbocycles. The van der Waals surface area contributed by atoms with Gasteiger partial charge < -0.3 is 15.5 Å². The maximum Gasteiger partial charge on any atom is 0.238 e. The molecular weight excluding hydrogens is 388 g/mol. The summed E-state index contributed by atoms with van der Waals surface area (Å²) in [4.78, 5) is 10.5. The van der Waals surface area contributed by atoms with Gasteiger partial charge in [-0.1, -0.05) is 18.2 Å². The third-order valence-corrected chi connectivity index (χ3v) is 5.03. The van der Waals surface area contributed by atoms with Gasteiger partial charge in [0.1, 0.15) is 18.0 Å². The van der Waals surface area contributed by atoms with E-state index in [4.69, 9.17) is 5.14 Å². The van der Waals surface area contributed by atoms with Crippen LogP contribution in [0, 0.1) is 6.92 Å². The van der Waals surface area contributed by atoms with E-state index in [1.165, 1.54) is 18.5 Å². The summed E-state index contributed by atoms with van der Waals surface area (Å²) in [6, 6.07) is 14.5. The number of nitrogens with two attached hydrogens (primary N) is 1. The van der Waals surface area contributed by atoms with Gasteiger partial charge in [-0.3, -0.25) is 0 Å². The molecule has 152 valence electrons. The van der Waals surface area contributed by atoms with E-state index in [1.807, 2.05) is 50.2 Å². The Bertz CT molecular complexity index is 1120. The van der Waals surface area contributed by atoms with E-state index < -0.39 is 10.0 Å². The molecule has 8 nitrogen and oxygen atoms in total. The summed E-state index contributed by atoms with van der Waals surface area (Å²) in [5, 5.41) is 11.7. The van der Waals surface area contributed by atoms with E-state index in [0.29, 0.717) is 23.9 Å². The Morgan fingerprint density at radius 1 is 1.00 bits per heavy atom. The van der Waals surface area contributed by atoms with Crippen molar-refractivity contribution in [3.05, 3.63) is 66.0 Å². The predicted octanol–water partition coefficient (Wildman–Crippen LogP) is 2.98. The highest BCUT2D eigenvalue weighted by molar-refractivity contribution is 7.89. The second-order valence-electron chi connectivity index (χ2n) is 7.01. The lowest BCUT2D eigenvalue weighted by Crippen LogP contribution is -2.15. The molecule has 3 aromatic rings. The molecule has 0 aliphatic carbocycles. The second kappa shape index (κ2) is 8.56. The van der Waals surface area contributed by atoms with Gasteiger partial charge in [-0.2, -0.15) is 0 Å². The maximum absolute atomic E-state index is 11.8. The Balaban J connectivity index is 1.90. The van der Waals surface area contributed by atoms with Gasteiger partial charge in [-0.25, -0.2) is 23.5 Å². The van der Waals surface area contributed by atoms with E-state index in [2.05, 4.69) is 20.6 Å². The summed E-state index contributed by atoms with van der Waals surface area (Å²) < 4.78 is 23.5. The lowest BCUT2D eigenvalue weighted by atomic mass is 10.1. The van der Waals surface area contributed by atoms with Gasteiger partial charge >= 0.3 is 0 Å². The van der Waals surface area contributed by atoms with Gasteiger partial charge in [0.15, 0.2) is 0 Å². The molecule has 1 heterocycles. The smallest absolute Gasteiger partial charge is 0.238 e. The Labute approximate surface area is 170 Å². The topological polar surface area (TPSA) is 113 Å². The van der Waals surface area contributed by atoms with Crippen molar-refractivity contribution in [1.29, 1.82) is 0 Å². The first-order valence-corrected chi connectivity index (χ1v) is 10.5. The number of aryl methyl sites for hydroxylation is 1. The zero-order valence-corrected chi connectivity index (χ0v) is 17.4. The summed E-state index contributed by atoms with van der Waals surface area (Å²) in [6.45, 7) is 2.63. The van der Waals surface area contributed by atoms with Gasteiger partial charge in [0.2, 0.25) is 10.0 Å². The molecule has 0 saturated carbocycles. The average molecular weight is 413 g/mol. The van der Waals surface area contributed by atoms with E-state index in [-0.39, 0.29) is 4.90 Å². The van der Waals surface area contributed by atoms with Crippen LogP contribution in [0.1, 0.15) is 11.1 Å². The van der Waals surface area contributed by atoms with Crippen molar-refractivity contribution in [2.45, 2.75) is 18.4 Å². The minimum atomic E-state index is -3.81. The average Bonchev–Trinajstić information content (AvgIpc) is 2.62. The Kier molecular flexibility index (Phi) is 6.12. The van der Waals surface area contributed by atoms with Gasteiger partial charge in [0, 0.05) is 24.0 Å². The van der Waals surface area contributed by atoms with Crippen LogP contribution in [0.4, 0.5) is 23.0 Å². The number of hydrogen-bond donors (Lipinski definition) is 3. The summed E-state index contributed by atoms with van der Waals surface area (Å²) in [5.74, 6) is 1.14. The second-order valence-corrected chi connectivity index (χ2v) is 8.57. The van der Waals surface area contributed by atoms with E-state index in [9.17, 15) is 8.42 Å². The fourth-order valence-corrected chi connectivity index (χ4v) is 3.37. The number of aromatic nitrogens is 2. The molecule has 0 radical (unpaired) electrons. The number of anilines is 4. The molecular formula is C20H24N6O2S. The fraction of sp³-hybridized carbons (Fsp3) is 0.200. The third-order valence-electron chi connectivity index (χ3n) is 4.12. The lowest BCUT2D eigenvalue weighted by Gasteiger charge is -2.16. The standard InChI is InChI=1S/C20H24N6O2S/c1-14-5-4-6-16(9-14)24-19-11-20(23-13-22-19)25-18-10-17(29(21,27)28)8-7-15(18)12-26(2)3/h4-11,13H,12H2,1-3H3,(H2,21,27,28)(H2,22,23,24,25). The molecule has 0 amide bonds. The highest BCUT2D eigenvalue weighted by Crippen LogP contribution is 2.25. The van der Waals surface area contributed by atoms with Crippen molar-refractivity contribution in [1.82, 2.24) is 14.9 Å². The van der Waals surface area contributed by atoms with Crippen molar-refractivity contribution in [2.75, 3.05) is 24.7 Å². The number of nitrogens with zero attached hydrogens (tertiary/aromatic N) is 3. The Hall–Kier alpha value is -3.01. The molecule has 1 aromatic heterocycles. The maximum atomic E-state index is 11.8. The molecule has 0 spiro atoms. The fourth-order valence-electron chi connectivity index (χ4n) is 2.83. The quantitative estimate of drug-likeness (QED) is 0.547. The van der Waals surface area contributed by atoms with Crippen LogP contribution in [0.3, 0.4) is 0 Å². The Morgan fingerprint density at radius 3 is 2.38 bits per heavy atom. The summed E-state index contributed by atoms with van der Waals surface area (Å²) >= 11 is 0. The van der Waals surface area contributed by atoms with Crippen molar-refractivity contribution in [3.8, 4) is 0 Å². The SMILES string of the molecule is Cc1cccc(Nc2cc(Nc3cc(S(N)(=O)=O)ccc3CN(C)C)ncn2)c1. The number of rotatable bonds is 7. The van der Waals surface area contributed by atoms with Gasteiger partial charge in [-0.15, -0.1) is 0 Å². The highest BCUT2D eigenvalue weighted by Gasteiger charge is 2.13. The predicted molar refractivity (Wildman–Crippen MR) is 115 cm³/mol. The minimum absolute atomic E-state index is 0.0367. The number of primary sulfonamides is 1. The molecule has 29 heavy (non-hydrogen) atoms. The number of hydrogen-bond acceptors (Lipinski definition) is 7. The molecule has 0 saturated heterocycles. The van der Waals surface area contributed by atoms with Crippen molar-refractivity contribution >= 4 is 33.0 Å². The first kappa shape index (κ1) is 20.7. The van der Waals surface area contributed by atoms with Crippen LogP contribution in [0.25, 0.3) is 0 Å². The molecule has 4 N–H and O–H groups in total. The van der Waals surface area contributed by atoms with E-state index in [0.717, 1.165) is 16.8 Å². The molecule has 0 bridgehead atoms. The van der Waals surface area contributed by atoms with Crippen LogP contribution < -0.4 is 15.8 Å². The Morgan fingerprint density at radius 2 is 1.72 bits per heavy atom. The molecule has 0 unspecified atom stereocenters. The van der Waals surface area contributed by atoms with E-state index >= 15 is 0 Å². The zero-order chi connectivity index (χ0) is 21.0. The summed E-state index contributed by atoms with van der Waals surface area (Å²) in [5.41, 5.74) is 3.58. The van der Waals surface area contributed by atoms with Crippen LogP contribution >= 0.6 is 0 Å². The van der Waals surface area contributed by atoms with Crippen LogP contribution in [0.15, 0.2) is 59.8 Å². The molecule has 0 aliphatic heterocycles. The van der Waals surface area contributed by atoms with Gasteiger partial charge in [0.25, 0.3) is 0 Å². The first-order chi connectivity index (χ1) is 13.7. The van der Waals surface area contributed by atoms with Crippen molar-refractivity contribution in [2.24, 2.45) is 5.14 Å². The summed E-state index contributed by atoms with van der Waals surface area (Å²) in [7, 11) is 0.0584. The number of benzene rings is 2. The zero-order valence-electron chi connectivity index (χ0n) is 16.5. The van der Waals surface area contributed by atoms with Crippen LogP contribution in [0.2, 0.25) is 0 Å². The van der Waals surface area contributed by atoms with Crippen LogP contribution in [-0.4, -0.2) is 37.4 Å².